The van der Waals surface area contributed by atoms with Crippen LogP contribution in [0.2, 0.25) is 0 Å². The zero-order valence-corrected chi connectivity index (χ0v) is 11.8. The van der Waals surface area contributed by atoms with Crippen LogP contribution in [0.25, 0.3) is 0 Å². The monoisotopic (exact) mass is 267 g/mol. The van der Waals surface area contributed by atoms with Gasteiger partial charge in [0, 0.05) is 10.9 Å². The van der Waals surface area contributed by atoms with E-state index in [9.17, 15) is 4.79 Å². The van der Waals surface area contributed by atoms with Crippen molar-refractivity contribution < 1.29 is 9.90 Å². The van der Waals surface area contributed by atoms with Crippen LogP contribution in [-0.4, -0.2) is 17.1 Å². The normalized spacial score (nSPS) is 24.0. The number of rotatable bonds is 5. The number of carboxylic acid groups (broad SMARTS) is 1. The van der Waals surface area contributed by atoms with E-state index in [0.717, 1.165) is 17.7 Å². The van der Waals surface area contributed by atoms with Gasteiger partial charge in [-0.05, 0) is 36.1 Å². The van der Waals surface area contributed by atoms with E-state index >= 15 is 0 Å². The lowest BCUT2D eigenvalue weighted by Crippen LogP contribution is -2.32. The molecule has 18 heavy (non-hydrogen) atoms. The number of aliphatic carboxylic acids is 1. The molecule has 1 fully saturated rings. The first kappa shape index (κ1) is 13.6. The van der Waals surface area contributed by atoms with Crippen molar-refractivity contribution in [1.82, 2.24) is 5.32 Å². The van der Waals surface area contributed by atoms with E-state index in [0.29, 0.717) is 11.5 Å². The minimum atomic E-state index is -0.738. The first-order chi connectivity index (χ1) is 8.46. The van der Waals surface area contributed by atoms with E-state index in [1.165, 1.54) is 6.42 Å². The highest BCUT2D eigenvalue weighted by atomic mass is 32.1. The van der Waals surface area contributed by atoms with Crippen LogP contribution < -0.4 is 5.32 Å². The van der Waals surface area contributed by atoms with E-state index in [4.69, 9.17) is 5.11 Å². The Morgan fingerprint density at radius 1 is 1.67 bits per heavy atom. The van der Waals surface area contributed by atoms with Crippen molar-refractivity contribution in [2.45, 2.75) is 51.6 Å². The summed E-state index contributed by atoms with van der Waals surface area (Å²) in [5.74, 6) is -0.738. The van der Waals surface area contributed by atoms with E-state index in [-0.39, 0.29) is 12.5 Å². The maximum Gasteiger partial charge on any atom is 0.305 e. The van der Waals surface area contributed by atoms with Crippen LogP contribution in [0.15, 0.2) is 17.5 Å². The van der Waals surface area contributed by atoms with Gasteiger partial charge in [0.1, 0.15) is 0 Å². The Kier molecular flexibility index (Phi) is 4.07. The Morgan fingerprint density at radius 3 is 2.94 bits per heavy atom. The van der Waals surface area contributed by atoms with E-state index < -0.39 is 5.97 Å². The van der Waals surface area contributed by atoms with Gasteiger partial charge in [0.2, 0.25) is 0 Å². The van der Waals surface area contributed by atoms with Crippen molar-refractivity contribution in [3.05, 3.63) is 22.4 Å². The molecule has 2 unspecified atom stereocenters. The van der Waals surface area contributed by atoms with Gasteiger partial charge in [-0.15, -0.1) is 11.3 Å². The van der Waals surface area contributed by atoms with Gasteiger partial charge in [0.05, 0.1) is 12.5 Å². The predicted molar refractivity (Wildman–Crippen MR) is 73.9 cm³/mol. The third-order valence-corrected chi connectivity index (χ3v) is 4.66. The Balaban J connectivity index is 2.00. The second-order valence-corrected chi connectivity index (χ2v) is 6.92. The van der Waals surface area contributed by atoms with Crippen molar-refractivity contribution in [3.8, 4) is 0 Å². The number of carbonyl (C=O) groups is 1. The van der Waals surface area contributed by atoms with Crippen molar-refractivity contribution in [3.63, 3.8) is 0 Å². The summed E-state index contributed by atoms with van der Waals surface area (Å²) in [5, 5.41) is 14.6. The van der Waals surface area contributed by atoms with Gasteiger partial charge < -0.3 is 10.4 Å². The summed E-state index contributed by atoms with van der Waals surface area (Å²) in [6.07, 6.45) is 3.66. The number of thiophene rings is 1. The van der Waals surface area contributed by atoms with Crippen LogP contribution in [0.1, 0.15) is 50.4 Å². The van der Waals surface area contributed by atoms with E-state index in [1.54, 1.807) is 11.3 Å². The average molecular weight is 267 g/mol. The quantitative estimate of drug-likeness (QED) is 0.859. The first-order valence-electron chi connectivity index (χ1n) is 6.47. The largest absolute Gasteiger partial charge is 0.481 e. The van der Waals surface area contributed by atoms with Crippen LogP contribution in [0.5, 0.6) is 0 Å². The van der Waals surface area contributed by atoms with Gasteiger partial charge in [0.15, 0.2) is 0 Å². The molecule has 0 amide bonds. The number of carboxylic acids is 1. The Morgan fingerprint density at radius 2 is 2.44 bits per heavy atom. The summed E-state index contributed by atoms with van der Waals surface area (Å²) in [6, 6.07) is 4.41. The van der Waals surface area contributed by atoms with Crippen LogP contribution in [0, 0.1) is 5.41 Å². The molecule has 0 bridgehead atoms. The summed E-state index contributed by atoms with van der Waals surface area (Å²) < 4.78 is 0. The second kappa shape index (κ2) is 5.41. The average Bonchev–Trinajstić information content (AvgIpc) is 2.86. The maximum absolute atomic E-state index is 11.0. The lowest BCUT2D eigenvalue weighted by atomic mass is 9.91. The fourth-order valence-corrected chi connectivity index (χ4v) is 3.56. The molecule has 2 atom stereocenters. The number of nitrogens with one attached hydrogen (secondary N) is 1. The summed E-state index contributed by atoms with van der Waals surface area (Å²) >= 11 is 1.63. The highest BCUT2D eigenvalue weighted by molar-refractivity contribution is 7.10. The van der Waals surface area contributed by atoms with Crippen molar-refractivity contribution in [1.29, 1.82) is 0 Å². The molecule has 1 aromatic heterocycles. The molecule has 2 N–H and O–H groups in total. The van der Waals surface area contributed by atoms with E-state index in [1.807, 2.05) is 17.5 Å². The molecule has 2 rings (SSSR count). The molecule has 3 nitrogen and oxygen atoms in total. The third kappa shape index (κ3) is 3.56. The summed E-state index contributed by atoms with van der Waals surface area (Å²) in [6.45, 7) is 4.57. The molecule has 1 aromatic rings. The van der Waals surface area contributed by atoms with Crippen molar-refractivity contribution in [2.24, 2.45) is 5.41 Å². The maximum atomic E-state index is 11.0. The first-order valence-corrected chi connectivity index (χ1v) is 7.35. The zero-order valence-electron chi connectivity index (χ0n) is 11.0. The smallest absolute Gasteiger partial charge is 0.305 e. The SMILES string of the molecule is CC1(C)CCC(NC(CC(=O)O)c2cccs2)C1. The molecule has 0 aromatic carbocycles. The van der Waals surface area contributed by atoms with Crippen LogP contribution in [0.3, 0.4) is 0 Å². The van der Waals surface area contributed by atoms with Gasteiger partial charge in [0.25, 0.3) is 0 Å². The minimum Gasteiger partial charge on any atom is -0.481 e. The number of hydrogen-bond donors (Lipinski definition) is 2. The third-order valence-electron chi connectivity index (χ3n) is 3.67. The Labute approximate surface area is 112 Å². The van der Waals surface area contributed by atoms with Crippen LogP contribution >= 0.6 is 11.3 Å². The van der Waals surface area contributed by atoms with Crippen molar-refractivity contribution >= 4 is 17.3 Å². The predicted octanol–water partition coefficient (Wildman–Crippen LogP) is 3.43. The highest BCUT2D eigenvalue weighted by Crippen LogP contribution is 2.38. The van der Waals surface area contributed by atoms with E-state index in [2.05, 4.69) is 19.2 Å². The second-order valence-electron chi connectivity index (χ2n) is 5.94. The lowest BCUT2D eigenvalue weighted by Gasteiger charge is -2.22. The van der Waals surface area contributed by atoms with Gasteiger partial charge >= 0.3 is 5.97 Å². The van der Waals surface area contributed by atoms with Gasteiger partial charge in [-0.25, -0.2) is 0 Å². The van der Waals surface area contributed by atoms with Crippen LogP contribution in [-0.2, 0) is 4.79 Å². The number of hydrogen-bond acceptors (Lipinski definition) is 3. The molecule has 1 heterocycles. The van der Waals surface area contributed by atoms with Crippen LogP contribution in [0.4, 0.5) is 0 Å². The van der Waals surface area contributed by atoms with Gasteiger partial charge in [-0.2, -0.15) is 0 Å². The standard InChI is InChI=1S/C14H21NO2S/c1-14(2)6-5-10(9-14)15-11(8-13(16)17)12-4-3-7-18-12/h3-4,7,10-11,15H,5-6,8-9H2,1-2H3,(H,16,17). The molecule has 0 spiro atoms. The molecular weight excluding hydrogens is 246 g/mol. The fourth-order valence-electron chi connectivity index (χ4n) is 2.77. The molecule has 0 radical (unpaired) electrons. The zero-order chi connectivity index (χ0) is 13.2. The molecular formula is C14H21NO2S. The Hall–Kier alpha value is -0.870. The fraction of sp³-hybridized carbons (Fsp3) is 0.643. The topological polar surface area (TPSA) is 49.3 Å². The highest BCUT2D eigenvalue weighted by Gasteiger charge is 2.32. The Bertz CT molecular complexity index is 400. The molecule has 4 heteroatoms. The molecule has 1 saturated carbocycles. The molecule has 100 valence electrons. The summed E-state index contributed by atoms with van der Waals surface area (Å²) in [4.78, 5) is 12.1. The van der Waals surface area contributed by atoms with Crippen molar-refractivity contribution in [2.75, 3.05) is 0 Å². The molecule has 0 saturated heterocycles. The summed E-state index contributed by atoms with van der Waals surface area (Å²) in [5.41, 5.74) is 0.390. The molecule has 1 aliphatic rings. The lowest BCUT2D eigenvalue weighted by molar-refractivity contribution is -0.137. The van der Waals surface area contributed by atoms with Gasteiger partial charge in [-0.3, -0.25) is 4.79 Å². The van der Waals surface area contributed by atoms with Gasteiger partial charge in [-0.1, -0.05) is 19.9 Å². The minimum absolute atomic E-state index is 0.0404. The summed E-state index contributed by atoms with van der Waals surface area (Å²) in [7, 11) is 0. The molecule has 0 aliphatic heterocycles. The molecule has 1 aliphatic carbocycles.